The molecular formula is C16H25N3O. The van der Waals surface area contributed by atoms with E-state index in [1.54, 1.807) is 6.20 Å². The first-order valence-corrected chi connectivity index (χ1v) is 7.51. The molecule has 20 heavy (non-hydrogen) atoms. The number of carbonyl (C=O) groups is 1. The summed E-state index contributed by atoms with van der Waals surface area (Å²) in [6.45, 7) is 8.60. The number of hydrogen-bond acceptors (Lipinski definition) is 3. The molecule has 1 unspecified atom stereocenters. The zero-order valence-corrected chi connectivity index (χ0v) is 12.7. The maximum Gasteiger partial charge on any atom is 0.230 e. The Morgan fingerprint density at radius 3 is 2.80 bits per heavy atom. The Bertz CT molecular complexity index is 438. The summed E-state index contributed by atoms with van der Waals surface area (Å²) in [4.78, 5) is 19.3. The number of rotatable bonds is 5. The van der Waals surface area contributed by atoms with Gasteiger partial charge < -0.3 is 10.2 Å². The van der Waals surface area contributed by atoms with Crippen molar-refractivity contribution in [2.24, 2.45) is 5.41 Å². The highest BCUT2D eigenvalue weighted by molar-refractivity contribution is 5.83. The van der Waals surface area contributed by atoms with Gasteiger partial charge in [-0.3, -0.25) is 9.78 Å². The average Bonchev–Trinajstić information content (AvgIpc) is 2.95. The predicted molar refractivity (Wildman–Crippen MR) is 80.1 cm³/mol. The Balaban J connectivity index is 2.18. The predicted octanol–water partition coefficient (Wildman–Crippen LogP) is 2.21. The Hall–Kier alpha value is -1.42. The first-order valence-electron chi connectivity index (χ1n) is 7.51. The van der Waals surface area contributed by atoms with Crippen LogP contribution in [0.25, 0.3) is 0 Å². The summed E-state index contributed by atoms with van der Waals surface area (Å²) in [7, 11) is 0. The molecular weight excluding hydrogens is 250 g/mol. The summed E-state index contributed by atoms with van der Waals surface area (Å²) in [5, 5.41) is 3.34. The summed E-state index contributed by atoms with van der Waals surface area (Å²) in [5.41, 5.74) is 0.728. The van der Waals surface area contributed by atoms with Crippen molar-refractivity contribution in [1.82, 2.24) is 15.2 Å². The van der Waals surface area contributed by atoms with Crippen molar-refractivity contribution >= 4 is 5.91 Å². The summed E-state index contributed by atoms with van der Waals surface area (Å²) in [6.07, 6.45) is 3.61. The smallest absolute Gasteiger partial charge is 0.230 e. The van der Waals surface area contributed by atoms with Crippen molar-refractivity contribution in [3.63, 3.8) is 0 Å². The van der Waals surface area contributed by atoms with Crippen LogP contribution in [0.4, 0.5) is 0 Å². The van der Waals surface area contributed by atoms with Crippen LogP contribution in [0.2, 0.25) is 0 Å². The van der Waals surface area contributed by atoms with E-state index in [1.165, 1.54) is 0 Å². The molecule has 2 rings (SSSR count). The molecule has 0 saturated carbocycles. The lowest BCUT2D eigenvalue weighted by atomic mass is 9.82. The molecule has 1 aromatic rings. The zero-order chi connectivity index (χ0) is 14.6. The van der Waals surface area contributed by atoms with Crippen molar-refractivity contribution in [3.05, 3.63) is 30.1 Å². The molecule has 0 aliphatic carbocycles. The molecule has 1 N–H and O–H groups in total. The summed E-state index contributed by atoms with van der Waals surface area (Å²) in [5.74, 6) is 0.269. The SMILES string of the molecule is CCC1(C(=O)N(Cc2ccccn2)C(C)C)CCNC1. The highest BCUT2D eigenvalue weighted by atomic mass is 16.2. The van der Waals surface area contributed by atoms with Crippen molar-refractivity contribution < 1.29 is 4.79 Å². The number of aromatic nitrogens is 1. The fourth-order valence-corrected chi connectivity index (χ4v) is 2.84. The van der Waals surface area contributed by atoms with E-state index in [0.717, 1.165) is 31.6 Å². The second kappa shape index (κ2) is 6.35. The van der Waals surface area contributed by atoms with Crippen LogP contribution in [0.3, 0.4) is 0 Å². The van der Waals surface area contributed by atoms with Crippen LogP contribution in [-0.4, -0.2) is 34.9 Å². The highest BCUT2D eigenvalue weighted by Gasteiger charge is 2.42. The Labute approximate surface area is 121 Å². The van der Waals surface area contributed by atoms with Crippen LogP contribution in [0.5, 0.6) is 0 Å². The second-order valence-corrected chi connectivity index (χ2v) is 5.91. The van der Waals surface area contributed by atoms with E-state index in [9.17, 15) is 4.79 Å². The molecule has 1 aromatic heterocycles. The normalized spacial score (nSPS) is 22.2. The lowest BCUT2D eigenvalue weighted by Gasteiger charge is -2.35. The molecule has 4 nitrogen and oxygen atoms in total. The topological polar surface area (TPSA) is 45.2 Å². The number of nitrogens with one attached hydrogen (secondary N) is 1. The third-order valence-corrected chi connectivity index (χ3v) is 4.32. The fraction of sp³-hybridized carbons (Fsp3) is 0.625. The van der Waals surface area contributed by atoms with Crippen LogP contribution in [0.15, 0.2) is 24.4 Å². The van der Waals surface area contributed by atoms with Gasteiger partial charge in [0.25, 0.3) is 0 Å². The van der Waals surface area contributed by atoms with Gasteiger partial charge in [-0.2, -0.15) is 0 Å². The maximum absolute atomic E-state index is 13.0. The van der Waals surface area contributed by atoms with Gasteiger partial charge in [0.1, 0.15) is 0 Å². The minimum atomic E-state index is -0.223. The van der Waals surface area contributed by atoms with E-state index in [2.05, 4.69) is 31.1 Å². The second-order valence-electron chi connectivity index (χ2n) is 5.91. The molecule has 2 heterocycles. The summed E-state index contributed by atoms with van der Waals surface area (Å²) in [6, 6.07) is 6.04. The largest absolute Gasteiger partial charge is 0.334 e. The first-order chi connectivity index (χ1) is 9.59. The van der Waals surface area contributed by atoms with Crippen LogP contribution in [0.1, 0.15) is 39.3 Å². The van der Waals surface area contributed by atoms with E-state index in [-0.39, 0.29) is 17.4 Å². The molecule has 1 aliphatic heterocycles. The van der Waals surface area contributed by atoms with Gasteiger partial charge in [-0.05, 0) is 45.4 Å². The van der Waals surface area contributed by atoms with Gasteiger partial charge >= 0.3 is 0 Å². The van der Waals surface area contributed by atoms with Gasteiger partial charge in [-0.25, -0.2) is 0 Å². The highest BCUT2D eigenvalue weighted by Crippen LogP contribution is 2.32. The number of amides is 1. The van der Waals surface area contributed by atoms with Crippen molar-refractivity contribution in [3.8, 4) is 0 Å². The lowest BCUT2D eigenvalue weighted by Crippen LogP contribution is -2.47. The van der Waals surface area contributed by atoms with E-state index in [0.29, 0.717) is 6.54 Å². The molecule has 0 bridgehead atoms. The third-order valence-electron chi connectivity index (χ3n) is 4.32. The number of nitrogens with zero attached hydrogens (tertiary/aromatic N) is 2. The quantitative estimate of drug-likeness (QED) is 0.896. The van der Waals surface area contributed by atoms with E-state index in [4.69, 9.17) is 0 Å². The van der Waals surface area contributed by atoms with Gasteiger partial charge in [-0.15, -0.1) is 0 Å². The molecule has 1 amide bonds. The van der Waals surface area contributed by atoms with E-state index in [1.807, 2.05) is 23.1 Å². The van der Waals surface area contributed by atoms with Gasteiger partial charge in [0.2, 0.25) is 5.91 Å². The standard InChI is InChI=1S/C16H25N3O/c1-4-16(8-10-17-12-16)15(20)19(13(2)3)11-14-7-5-6-9-18-14/h5-7,9,13,17H,4,8,10-12H2,1-3H3. The van der Waals surface area contributed by atoms with E-state index < -0.39 is 0 Å². The summed E-state index contributed by atoms with van der Waals surface area (Å²) >= 11 is 0. The minimum absolute atomic E-state index is 0.188. The number of carbonyl (C=O) groups excluding carboxylic acids is 1. The third kappa shape index (κ3) is 3.01. The molecule has 0 radical (unpaired) electrons. The molecule has 4 heteroatoms. The molecule has 0 spiro atoms. The summed E-state index contributed by atoms with van der Waals surface area (Å²) < 4.78 is 0. The van der Waals surface area contributed by atoms with Crippen LogP contribution >= 0.6 is 0 Å². The van der Waals surface area contributed by atoms with Gasteiger partial charge in [0.15, 0.2) is 0 Å². The molecule has 1 aliphatic rings. The molecule has 110 valence electrons. The van der Waals surface area contributed by atoms with Crippen LogP contribution in [-0.2, 0) is 11.3 Å². The number of pyridine rings is 1. The van der Waals surface area contributed by atoms with Crippen LogP contribution in [0, 0.1) is 5.41 Å². The Morgan fingerprint density at radius 1 is 1.50 bits per heavy atom. The first kappa shape index (κ1) is 15.0. The molecule has 1 fully saturated rings. The van der Waals surface area contributed by atoms with Crippen LogP contribution < -0.4 is 5.32 Å². The number of hydrogen-bond donors (Lipinski definition) is 1. The monoisotopic (exact) mass is 275 g/mol. The minimum Gasteiger partial charge on any atom is -0.334 e. The van der Waals surface area contributed by atoms with Gasteiger partial charge in [0.05, 0.1) is 17.7 Å². The molecule has 0 aromatic carbocycles. The Kier molecular flexibility index (Phi) is 4.76. The van der Waals surface area contributed by atoms with Crippen molar-refractivity contribution in [2.45, 2.75) is 46.2 Å². The van der Waals surface area contributed by atoms with Gasteiger partial charge in [-0.1, -0.05) is 13.0 Å². The molecule has 1 atom stereocenters. The lowest BCUT2D eigenvalue weighted by molar-refractivity contribution is -0.144. The fourth-order valence-electron chi connectivity index (χ4n) is 2.84. The maximum atomic E-state index is 13.0. The van der Waals surface area contributed by atoms with Crippen molar-refractivity contribution in [2.75, 3.05) is 13.1 Å². The Morgan fingerprint density at radius 2 is 2.30 bits per heavy atom. The van der Waals surface area contributed by atoms with E-state index >= 15 is 0 Å². The molecule has 1 saturated heterocycles. The zero-order valence-electron chi connectivity index (χ0n) is 12.7. The van der Waals surface area contributed by atoms with Crippen molar-refractivity contribution in [1.29, 1.82) is 0 Å². The van der Waals surface area contributed by atoms with Gasteiger partial charge in [0, 0.05) is 18.8 Å². The average molecular weight is 275 g/mol.